The molecule has 0 saturated carbocycles. The smallest absolute Gasteiger partial charge is 0.316 e. The molecule has 1 N–H and O–H groups in total. The molecule has 0 bridgehead atoms. The summed E-state index contributed by atoms with van der Waals surface area (Å²) in [7, 11) is 1.39. The van der Waals surface area contributed by atoms with E-state index in [0.29, 0.717) is 0 Å². The lowest BCUT2D eigenvalue weighted by Gasteiger charge is -2.12. The summed E-state index contributed by atoms with van der Waals surface area (Å²) in [5, 5.41) is 9.92. The van der Waals surface area contributed by atoms with E-state index in [1.807, 2.05) is 0 Å². The van der Waals surface area contributed by atoms with Gasteiger partial charge in [-0.3, -0.25) is 0 Å². The summed E-state index contributed by atoms with van der Waals surface area (Å²) in [6.45, 7) is 0. The molecule has 0 spiro atoms. The van der Waals surface area contributed by atoms with E-state index in [-0.39, 0.29) is 11.6 Å². The highest BCUT2D eigenvalue weighted by Gasteiger charge is 2.20. The van der Waals surface area contributed by atoms with Crippen LogP contribution in [0.4, 0.5) is 8.78 Å². The molecule has 0 amide bonds. The van der Waals surface area contributed by atoms with Gasteiger partial charge in [-0.1, -0.05) is 6.07 Å². The third kappa shape index (κ3) is 2.28. The number of hydrogen-bond acceptors (Lipinski definition) is 4. The van der Waals surface area contributed by atoms with Crippen LogP contribution in [0, 0.1) is 11.6 Å². The minimum atomic E-state index is -1.46. The molecule has 0 aliphatic rings. The first-order chi connectivity index (χ1) is 8.63. The van der Waals surface area contributed by atoms with Crippen molar-refractivity contribution in [3.05, 3.63) is 53.4 Å². The van der Waals surface area contributed by atoms with Gasteiger partial charge in [-0.25, -0.2) is 18.7 Å². The van der Waals surface area contributed by atoms with Crippen LogP contribution in [0.1, 0.15) is 17.2 Å². The molecule has 0 fully saturated rings. The minimum Gasteiger partial charge on any atom is -0.467 e. The predicted octanol–water partition coefficient (Wildman–Crippen LogP) is 1.85. The minimum absolute atomic E-state index is 0.111. The molecule has 0 saturated heterocycles. The summed E-state index contributed by atoms with van der Waals surface area (Å²) in [4.78, 5) is 7.53. The van der Waals surface area contributed by atoms with Crippen LogP contribution in [0.2, 0.25) is 0 Å². The average molecular weight is 252 g/mol. The molecule has 94 valence electrons. The molecule has 1 aromatic heterocycles. The van der Waals surface area contributed by atoms with Gasteiger partial charge >= 0.3 is 6.01 Å². The van der Waals surface area contributed by atoms with Gasteiger partial charge < -0.3 is 9.84 Å². The van der Waals surface area contributed by atoms with Crippen LogP contribution in [0.25, 0.3) is 0 Å². The van der Waals surface area contributed by atoms with Gasteiger partial charge in [0.1, 0.15) is 17.7 Å². The maximum atomic E-state index is 13.5. The molecule has 6 heteroatoms. The number of aliphatic hydroxyl groups excluding tert-OH is 1. The number of ether oxygens (including phenoxy) is 1. The van der Waals surface area contributed by atoms with Crippen molar-refractivity contribution < 1.29 is 18.6 Å². The van der Waals surface area contributed by atoms with Crippen LogP contribution < -0.4 is 4.74 Å². The van der Waals surface area contributed by atoms with Crippen molar-refractivity contribution in [3.63, 3.8) is 0 Å². The van der Waals surface area contributed by atoms with Crippen LogP contribution in [0.3, 0.4) is 0 Å². The number of aliphatic hydroxyl groups is 1. The molecule has 2 rings (SSSR count). The van der Waals surface area contributed by atoms with Crippen molar-refractivity contribution in [2.45, 2.75) is 6.10 Å². The first kappa shape index (κ1) is 12.4. The lowest BCUT2D eigenvalue weighted by molar-refractivity contribution is 0.207. The van der Waals surface area contributed by atoms with E-state index in [0.717, 1.165) is 12.1 Å². The molecular formula is C12H10F2N2O2. The molecule has 1 heterocycles. The van der Waals surface area contributed by atoms with E-state index in [1.165, 1.54) is 25.6 Å². The van der Waals surface area contributed by atoms with Crippen LogP contribution >= 0.6 is 0 Å². The van der Waals surface area contributed by atoms with Crippen LogP contribution in [0.15, 0.2) is 30.6 Å². The van der Waals surface area contributed by atoms with Crippen LogP contribution in [-0.2, 0) is 0 Å². The predicted molar refractivity (Wildman–Crippen MR) is 59.0 cm³/mol. The lowest BCUT2D eigenvalue weighted by Crippen LogP contribution is -2.07. The number of hydrogen-bond donors (Lipinski definition) is 1. The second kappa shape index (κ2) is 5.05. The van der Waals surface area contributed by atoms with Crippen molar-refractivity contribution in [1.82, 2.24) is 9.97 Å². The average Bonchev–Trinajstić information content (AvgIpc) is 2.38. The molecule has 2 aromatic rings. The summed E-state index contributed by atoms with van der Waals surface area (Å²) in [6, 6.07) is 3.49. The molecule has 0 radical (unpaired) electrons. The van der Waals surface area contributed by atoms with E-state index in [9.17, 15) is 13.9 Å². The Hall–Kier alpha value is -2.08. The van der Waals surface area contributed by atoms with Crippen molar-refractivity contribution in [2.24, 2.45) is 0 Å². The monoisotopic (exact) mass is 252 g/mol. The van der Waals surface area contributed by atoms with Crippen molar-refractivity contribution in [2.75, 3.05) is 7.11 Å². The molecule has 1 aromatic carbocycles. The van der Waals surface area contributed by atoms with Crippen molar-refractivity contribution in [1.29, 1.82) is 0 Å². The van der Waals surface area contributed by atoms with Crippen molar-refractivity contribution in [3.8, 4) is 6.01 Å². The second-order valence-electron chi connectivity index (χ2n) is 3.54. The zero-order valence-corrected chi connectivity index (χ0v) is 9.47. The fourth-order valence-corrected chi connectivity index (χ4v) is 1.51. The van der Waals surface area contributed by atoms with Gasteiger partial charge in [0.15, 0.2) is 0 Å². The summed E-state index contributed by atoms with van der Waals surface area (Å²) < 4.78 is 31.7. The Morgan fingerprint density at radius 1 is 1.17 bits per heavy atom. The van der Waals surface area contributed by atoms with Gasteiger partial charge in [0.2, 0.25) is 0 Å². The molecule has 1 unspecified atom stereocenters. The highest BCUT2D eigenvalue weighted by molar-refractivity contribution is 5.29. The van der Waals surface area contributed by atoms with E-state index >= 15 is 0 Å². The Bertz CT molecular complexity index is 526. The molecular weight excluding hydrogens is 242 g/mol. The molecule has 0 aliphatic heterocycles. The Morgan fingerprint density at radius 2 is 1.72 bits per heavy atom. The molecule has 18 heavy (non-hydrogen) atoms. The molecule has 0 aliphatic carbocycles. The Balaban J connectivity index is 2.38. The van der Waals surface area contributed by atoms with E-state index in [1.54, 1.807) is 0 Å². The van der Waals surface area contributed by atoms with Gasteiger partial charge in [0.25, 0.3) is 0 Å². The number of rotatable bonds is 3. The summed E-state index contributed by atoms with van der Waals surface area (Å²) in [5.74, 6) is -1.64. The molecule has 1 atom stereocenters. The van der Waals surface area contributed by atoms with Gasteiger partial charge in [-0.2, -0.15) is 0 Å². The van der Waals surface area contributed by atoms with Gasteiger partial charge in [-0.05, 0) is 12.1 Å². The number of methoxy groups -OCH3 is 1. The van der Waals surface area contributed by atoms with Crippen molar-refractivity contribution >= 4 is 0 Å². The van der Waals surface area contributed by atoms with E-state index < -0.39 is 23.3 Å². The normalized spacial score (nSPS) is 12.2. The van der Waals surface area contributed by atoms with Gasteiger partial charge in [0, 0.05) is 18.0 Å². The maximum Gasteiger partial charge on any atom is 0.316 e. The zero-order chi connectivity index (χ0) is 13.1. The highest BCUT2D eigenvalue weighted by atomic mass is 19.1. The Labute approximate surface area is 102 Å². The lowest BCUT2D eigenvalue weighted by atomic mass is 10.0. The standard InChI is InChI=1S/C12H10F2N2O2/c1-18-12-15-5-7(6-16-12)11(17)10-8(13)3-2-4-9(10)14/h2-6,11,17H,1H3. The van der Waals surface area contributed by atoms with E-state index in [2.05, 4.69) is 9.97 Å². The number of halogens is 2. The number of nitrogens with zero attached hydrogens (tertiary/aromatic N) is 2. The fraction of sp³-hybridized carbons (Fsp3) is 0.167. The quantitative estimate of drug-likeness (QED) is 0.905. The first-order valence-corrected chi connectivity index (χ1v) is 5.11. The summed E-state index contributed by atoms with van der Waals surface area (Å²) in [5.41, 5.74) is -0.244. The van der Waals surface area contributed by atoms with Crippen LogP contribution in [0.5, 0.6) is 6.01 Å². The summed E-state index contributed by atoms with van der Waals surface area (Å²) >= 11 is 0. The van der Waals surface area contributed by atoms with Gasteiger partial charge in [0.05, 0.1) is 12.7 Å². The Morgan fingerprint density at radius 3 is 2.22 bits per heavy atom. The van der Waals surface area contributed by atoms with Gasteiger partial charge in [-0.15, -0.1) is 0 Å². The third-order valence-corrected chi connectivity index (χ3v) is 2.42. The maximum absolute atomic E-state index is 13.5. The Kier molecular flexibility index (Phi) is 3.47. The molecule has 4 nitrogen and oxygen atoms in total. The zero-order valence-electron chi connectivity index (χ0n) is 9.47. The summed E-state index contributed by atoms with van der Waals surface area (Å²) in [6.07, 6.45) is 1.04. The first-order valence-electron chi connectivity index (χ1n) is 5.11. The van der Waals surface area contributed by atoms with E-state index in [4.69, 9.17) is 4.74 Å². The third-order valence-electron chi connectivity index (χ3n) is 2.42. The number of benzene rings is 1. The number of aromatic nitrogens is 2. The van der Waals surface area contributed by atoms with Crippen LogP contribution in [-0.4, -0.2) is 22.2 Å². The fourth-order valence-electron chi connectivity index (χ4n) is 1.51. The largest absolute Gasteiger partial charge is 0.467 e. The topological polar surface area (TPSA) is 55.2 Å². The second-order valence-corrected chi connectivity index (χ2v) is 3.54. The SMILES string of the molecule is COc1ncc(C(O)c2c(F)cccc2F)cn1. The highest BCUT2D eigenvalue weighted by Crippen LogP contribution is 2.26.